The summed E-state index contributed by atoms with van der Waals surface area (Å²) in [6.45, 7) is 11.5. The van der Waals surface area contributed by atoms with Crippen molar-refractivity contribution >= 4 is 17.5 Å². The van der Waals surface area contributed by atoms with Crippen molar-refractivity contribution in [3.8, 4) is 11.5 Å². The second kappa shape index (κ2) is 6.10. The zero-order chi connectivity index (χ0) is 25.7. The van der Waals surface area contributed by atoms with Crippen LogP contribution in [0.15, 0.2) is 24.5 Å². The molecule has 8 heteroatoms. The van der Waals surface area contributed by atoms with Gasteiger partial charge in [0.25, 0.3) is 0 Å². The summed E-state index contributed by atoms with van der Waals surface area (Å²) in [7, 11) is 1.88. The van der Waals surface area contributed by atoms with Gasteiger partial charge >= 0.3 is 0 Å². The van der Waals surface area contributed by atoms with Gasteiger partial charge in [-0.25, -0.2) is 0 Å². The fraction of sp³-hybridized carbons (Fsp3) is 0.643. The third-order valence-electron chi connectivity index (χ3n) is 11.0. The second-order valence-electron chi connectivity index (χ2n) is 13.2. The molecule has 0 aromatic heterocycles. The molecule has 3 spiro atoms. The molecule has 8 nitrogen and oxygen atoms in total. The SMILES string of the molecule is CN1C(=O)[C@]23C[C@H]4C(C)(C)[C@@]5(C[C@@]41CN2CC[C@]3(C)O)C(=O)Nc1c5ccc2c1OC=CC(C)(C)O2. The lowest BCUT2D eigenvalue weighted by Gasteiger charge is -2.65. The highest BCUT2D eigenvalue weighted by atomic mass is 16.5. The number of ether oxygens (including phenoxy) is 2. The monoisotopic (exact) mass is 493 g/mol. The molecule has 7 aliphatic rings. The van der Waals surface area contributed by atoms with Gasteiger partial charge in [-0.15, -0.1) is 0 Å². The van der Waals surface area contributed by atoms with E-state index < -0.39 is 33.1 Å². The molecule has 36 heavy (non-hydrogen) atoms. The number of fused-ring (bicyclic) bond motifs is 5. The van der Waals surface area contributed by atoms with Gasteiger partial charge in [-0.2, -0.15) is 0 Å². The number of rotatable bonds is 0. The molecule has 1 aromatic rings. The molecule has 5 atom stereocenters. The summed E-state index contributed by atoms with van der Waals surface area (Å²) in [4.78, 5) is 32.2. The number of nitrogens with zero attached hydrogens (tertiary/aromatic N) is 2. The van der Waals surface area contributed by atoms with E-state index in [1.807, 2.05) is 50.9 Å². The minimum atomic E-state index is -1.10. The van der Waals surface area contributed by atoms with Crippen molar-refractivity contribution in [2.24, 2.45) is 11.3 Å². The van der Waals surface area contributed by atoms with E-state index in [9.17, 15) is 14.7 Å². The van der Waals surface area contributed by atoms with Crippen LogP contribution >= 0.6 is 0 Å². The van der Waals surface area contributed by atoms with Gasteiger partial charge in [0, 0.05) is 20.1 Å². The number of anilines is 1. The van der Waals surface area contributed by atoms with E-state index in [2.05, 4.69) is 24.1 Å². The van der Waals surface area contributed by atoms with Crippen molar-refractivity contribution in [2.75, 3.05) is 25.5 Å². The molecule has 6 aliphatic heterocycles. The molecule has 1 saturated carbocycles. The molecule has 2 amide bonds. The third-order valence-corrected chi connectivity index (χ3v) is 11.0. The first kappa shape index (κ1) is 22.6. The van der Waals surface area contributed by atoms with E-state index >= 15 is 0 Å². The Morgan fingerprint density at radius 3 is 2.64 bits per heavy atom. The van der Waals surface area contributed by atoms with Gasteiger partial charge in [0.2, 0.25) is 11.8 Å². The smallest absolute Gasteiger partial charge is 0.246 e. The van der Waals surface area contributed by atoms with E-state index in [1.165, 1.54) is 0 Å². The lowest BCUT2D eigenvalue weighted by molar-refractivity contribution is -0.206. The van der Waals surface area contributed by atoms with E-state index in [-0.39, 0.29) is 17.7 Å². The van der Waals surface area contributed by atoms with Gasteiger partial charge in [-0.3, -0.25) is 14.5 Å². The van der Waals surface area contributed by atoms with Crippen LogP contribution in [-0.2, 0) is 15.0 Å². The van der Waals surface area contributed by atoms with E-state index in [0.29, 0.717) is 49.5 Å². The zero-order valence-corrected chi connectivity index (χ0v) is 21.9. The second-order valence-corrected chi connectivity index (χ2v) is 13.2. The number of aliphatic hydroxyl groups is 1. The fourth-order valence-electron chi connectivity index (χ4n) is 9.04. The topological polar surface area (TPSA) is 91.3 Å². The molecule has 6 heterocycles. The Morgan fingerprint density at radius 2 is 1.89 bits per heavy atom. The van der Waals surface area contributed by atoms with E-state index in [0.717, 1.165) is 5.56 Å². The fourth-order valence-corrected chi connectivity index (χ4v) is 9.04. The summed E-state index contributed by atoms with van der Waals surface area (Å²) in [6, 6.07) is 3.92. The number of benzene rings is 1. The number of piperazine rings is 1. The average Bonchev–Trinajstić information content (AvgIpc) is 3.25. The van der Waals surface area contributed by atoms with Crippen LogP contribution in [0.1, 0.15) is 59.4 Å². The molecule has 1 aliphatic carbocycles. The third kappa shape index (κ3) is 2.15. The zero-order valence-electron chi connectivity index (χ0n) is 21.9. The maximum absolute atomic E-state index is 14.2. The van der Waals surface area contributed by atoms with Crippen molar-refractivity contribution in [3.05, 3.63) is 30.0 Å². The van der Waals surface area contributed by atoms with Crippen molar-refractivity contribution in [3.63, 3.8) is 0 Å². The van der Waals surface area contributed by atoms with Crippen LogP contribution in [0.2, 0.25) is 0 Å². The predicted molar refractivity (Wildman–Crippen MR) is 133 cm³/mol. The molecule has 8 rings (SSSR count). The number of nitrogens with one attached hydrogen (secondary N) is 1. The lowest BCUT2D eigenvalue weighted by Crippen LogP contribution is -2.82. The molecular formula is C28H35N3O5. The van der Waals surface area contributed by atoms with E-state index in [1.54, 1.807) is 6.26 Å². The quantitative estimate of drug-likeness (QED) is 0.578. The number of piperidine rings is 2. The van der Waals surface area contributed by atoms with Gasteiger partial charge in [0.05, 0.1) is 28.5 Å². The Labute approximate surface area is 211 Å². The maximum Gasteiger partial charge on any atom is 0.246 e. The van der Waals surface area contributed by atoms with Crippen molar-refractivity contribution in [1.29, 1.82) is 0 Å². The molecule has 2 N–H and O–H groups in total. The number of amides is 2. The number of hydrogen-bond donors (Lipinski definition) is 2. The van der Waals surface area contributed by atoms with Gasteiger partial charge in [0.1, 0.15) is 11.1 Å². The molecule has 2 bridgehead atoms. The van der Waals surface area contributed by atoms with Crippen LogP contribution in [0.3, 0.4) is 0 Å². The summed E-state index contributed by atoms with van der Waals surface area (Å²) >= 11 is 0. The van der Waals surface area contributed by atoms with Crippen molar-refractivity contribution in [1.82, 2.24) is 9.80 Å². The molecule has 4 saturated heterocycles. The molecule has 1 aromatic carbocycles. The number of carbonyl (C=O) groups excluding carboxylic acids is 2. The first-order chi connectivity index (χ1) is 16.7. The minimum absolute atomic E-state index is 0.00925. The Bertz CT molecular complexity index is 1280. The summed E-state index contributed by atoms with van der Waals surface area (Å²) in [5, 5.41) is 14.7. The Morgan fingerprint density at radius 1 is 1.14 bits per heavy atom. The highest BCUT2D eigenvalue weighted by Crippen LogP contribution is 2.73. The number of carbonyl (C=O) groups is 2. The van der Waals surface area contributed by atoms with Crippen LogP contribution < -0.4 is 14.8 Å². The number of hydrogen-bond acceptors (Lipinski definition) is 6. The molecule has 0 unspecified atom stereocenters. The van der Waals surface area contributed by atoms with Crippen LogP contribution in [0.4, 0.5) is 5.69 Å². The van der Waals surface area contributed by atoms with E-state index in [4.69, 9.17) is 9.47 Å². The predicted octanol–water partition coefficient (Wildman–Crippen LogP) is 2.80. The van der Waals surface area contributed by atoms with Crippen LogP contribution in [-0.4, -0.2) is 69.1 Å². The summed E-state index contributed by atoms with van der Waals surface area (Å²) in [6.07, 6.45) is 5.16. The Kier molecular flexibility index (Phi) is 3.83. The van der Waals surface area contributed by atoms with Crippen LogP contribution in [0.25, 0.3) is 0 Å². The van der Waals surface area contributed by atoms with Gasteiger partial charge < -0.3 is 24.8 Å². The van der Waals surface area contributed by atoms with Crippen molar-refractivity contribution in [2.45, 2.75) is 81.6 Å². The van der Waals surface area contributed by atoms with Gasteiger partial charge in [-0.05, 0) is 69.1 Å². The highest BCUT2D eigenvalue weighted by Gasteiger charge is 2.82. The normalized spacial score (nSPS) is 42.9. The molecule has 192 valence electrons. The van der Waals surface area contributed by atoms with Crippen LogP contribution in [0, 0.1) is 11.3 Å². The van der Waals surface area contributed by atoms with Gasteiger partial charge in [0.15, 0.2) is 11.5 Å². The largest absolute Gasteiger partial charge is 0.480 e. The maximum atomic E-state index is 14.2. The Balaban J connectivity index is 1.42. The molecule has 5 fully saturated rings. The van der Waals surface area contributed by atoms with Crippen molar-refractivity contribution < 1.29 is 24.2 Å². The highest BCUT2D eigenvalue weighted by molar-refractivity contribution is 6.09. The molecular weight excluding hydrogens is 458 g/mol. The molecule has 0 radical (unpaired) electrons. The standard InChI is InChI=1S/C28H35N3O5/c1-23(2)10-12-35-20-17(36-23)8-7-16-19(20)29-21(32)27(16)14-26-15-31-11-9-25(5,34)28(31,22(33)30(26)6)13-18(26)24(27,3)4/h7-8,10,12,18,34H,9,11,13-15H2,1-6H3,(H,29,32)/t18-,25-,26+,27+,28-/m0/s1. The Hall–Kier alpha value is -2.58. The summed E-state index contributed by atoms with van der Waals surface area (Å²) in [5.41, 5.74) is -2.82. The lowest BCUT2D eigenvalue weighted by atomic mass is 9.55. The first-order valence-electron chi connectivity index (χ1n) is 13.0. The minimum Gasteiger partial charge on any atom is -0.480 e. The average molecular weight is 494 g/mol. The first-order valence-corrected chi connectivity index (χ1v) is 13.0. The summed E-state index contributed by atoms with van der Waals surface area (Å²) < 4.78 is 12.2. The number of likely N-dealkylation sites (N-methyl/N-ethyl adjacent to an activating group) is 1. The van der Waals surface area contributed by atoms with Gasteiger partial charge in [-0.1, -0.05) is 19.9 Å². The van der Waals surface area contributed by atoms with Crippen LogP contribution in [0.5, 0.6) is 11.5 Å². The summed E-state index contributed by atoms with van der Waals surface area (Å²) in [5.74, 6) is 1.10.